The van der Waals surface area contributed by atoms with Gasteiger partial charge in [0.05, 0.1) is 11.6 Å². The van der Waals surface area contributed by atoms with Crippen LogP contribution in [0.4, 0.5) is 0 Å². The Balaban J connectivity index is 1.62. The third-order valence-corrected chi connectivity index (χ3v) is 6.09. The average Bonchev–Trinajstić information content (AvgIpc) is 3.17. The van der Waals surface area contributed by atoms with Crippen LogP contribution in [0, 0.1) is 0 Å². The highest BCUT2D eigenvalue weighted by Crippen LogP contribution is 2.42. The number of amides is 1. The fourth-order valence-corrected chi connectivity index (χ4v) is 4.45. The molecule has 3 aromatic rings. The molecular weight excluding hydrogens is 458 g/mol. The number of aliphatic hydroxyl groups is 1. The summed E-state index contributed by atoms with van der Waals surface area (Å²) in [6.45, 7) is 5.00. The number of carbonyl (C=O) groups is 2. The lowest BCUT2D eigenvalue weighted by molar-refractivity contribution is -0.140. The van der Waals surface area contributed by atoms with Gasteiger partial charge in [-0.3, -0.25) is 9.59 Å². The van der Waals surface area contributed by atoms with Gasteiger partial charge in [-0.1, -0.05) is 55.1 Å². The molecule has 36 heavy (non-hydrogen) atoms. The summed E-state index contributed by atoms with van der Waals surface area (Å²) >= 11 is 0. The summed E-state index contributed by atoms with van der Waals surface area (Å²) in [5.41, 5.74) is 1.88. The number of fused-ring (bicyclic) bond motifs is 1. The van der Waals surface area contributed by atoms with Gasteiger partial charge in [0.1, 0.15) is 31.3 Å². The van der Waals surface area contributed by atoms with Crippen molar-refractivity contribution in [1.82, 2.24) is 4.90 Å². The molecule has 0 radical (unpaired) electrons. The van der Waals surface area contributed by atoms with Crippen LogP contribution in [0.5, 0.6) is 17.2 Å². The van der Waals surface area contributed by atoms with Gasteiger partial charge in [0.2, 0.25) is 0 Å². The molecule has 2 aliphatic rings. The minimum atomic E-state index is -0.814. The predicted molar refractivity (Wildman–Crippen MR) is 134 cm³/mol. The van der Waals surface area contributed by atoms with E-state index < -0.39 is 17.7 Å². The lowest BCUT2D eigenvalue weighted by atomic mass is 9.95. The lowest BCUT2D eigenvalue weighted by Crippen LogP contribution is -2.29. The first-order valence-electron chi connectivity index (χ1n) is 11.6. The van der Waals surface area contributed by atoms with Gasteiger partial charge >= 0.3 is 0 Å². The molecular formula is C29H25NO6. The van der Waals surface area contributed by atoms with E-state index in [9.17, 15) is 14.7 Å². The minimum Gasteiger partial charge on any atom is -0.507 e. The smallest absolute Gasteiger partial charge is 0.295 e. The molecule has 0 bridgehead atoms. The van der Waals surface area contributed by atoms with Gasteiger partial charge in [-0.25, -0.2) is 0 Å². The molecule has 1 fully saturated rings. The first kappa shape index (κ1) is 23.2. The molecule has 5 rings (SSSR count). The first-order chi connectivity index (χ1) is 17.6. The predicted octanol–water partition coefficient (Wildman–Crippen LogP) is 4.64. The zero-order valence-corrected chi connectivity index (χ0v) is 19.6. The Morgan fingerprint density at radius 2 is 1.78 bits per heavy atom. The maximum atomic E-state index is 13.3. The van der Waals surface area contributed by atoms with Crippen LogP contribution in [0.3, 0.4) is 0 Å². The van der Waals surface area contributed by atoms with E-state index in [1.54, 1.807) is 42.5 Å². The van der Waals surface area contributed by atoms with Crippen LogP contribution in [0.1, 0.15) is 22.7 Å². The number of Topliss-reactive ketones (excluding diaryl/α,β-unsaturated/α-hetero) is 1. The second-order valence-electron chi connectivity index (χ2n) is 8.44. The van der Waals surface area contributed by atoms with Crippen molar-refractivity contribution in [2.24, 2.45) is 0 Å². The monoisotopic (exact) mass is 483 g/mol. The Labute approximate surface area is 208 Å². The number of ketones is 1. The molecule has 7 heteroatoms. The van der Waals surface area contributed by atoms with E-state index in [0.717, 1.165) is 5.56 Å². The first-order valence-corrected chi connectivity index (χ1v) is 11.6. The number of benzene rings is 3. The van der Waals surface area contributed by atoms with Crippen LogP contribution in [0.25, 0.3) is 5.76 Å². The molecule has 0 aliphatic carbocycles. The normalized spacial score (nSPS) is 18.2. The maximum Gasteiger partial charge on any atom is 0.295 e. The second-order valence-corrected chi connectivity index (χ2v) is 8.44. The number of hydrogen-bond acceptors (Lipinski definition) is 6. The van der Waals surface area contributed by atoms with Crippen molar-refractivity contribution in [2.75, 3.05) is 19.8 Å². The van der Waals surface area contributed by atoms with Crippen LogP contribution in [0.2, 0.25) is 0 Å². The van der Waals surface area contributed by atoms with Crippen molar-refractivity contribution in [3.63, 3.8) is 0 Å². The SMILES string of the molecule is C=CCOc1cccc([C@H]2/C(=C(\O)c3ccc4c(c3)OCCO4)C(=O)C(=O)N2Cc2ccccc2)c1. The number of rotatable bonds is 7. The minimum absolute atomic E-state index is 0.00785. The van der Waals surface area contributed by atoms with Crippen molar-refractivity contribution >= 4 is 17.4 Å². The van der Waals surface area contributed by atoms with Crippen LogP contribution < -0.4 is 14.2 Å². The molecule has 1 atom stereocenters. The molecule has 1 N–H and O–H groups in total. The summed E-state index contributed by atoms with van der Waals surface area (Å²) in [7, 11) is 0. The van der Waals surface area contributed by atoms with Gasteiger partial charge in [-0.2, -0.15) is 0 Å². The lowest BCUT2D eigenvalue weighted by Gasteiger charge is -2.26. The summed E-state index contributed by atoms with van der Waals surface area (Å²) < 4.78 is 16.9. The highest BCUT2D eigenvalue weighted by molar-refractivity contribution is 6.46. The van der Waals surface area contributed by atoms with E-state index in [0.29, 0.717) is 48.2 Å². The molecule has 1 saturated heterocycles. The number of carbonyl (C=O) groups excluding carboxylic acids is 2. The highest BCUT2D eigenvalue weighted by atomic mass is 16.6. The average molecular weight is 484 g/mol. The summed E-state index contributed by atoms with van der Waals surface area (Å²) in [6, 6.07) is 20.7. The summed E-state index contributed by atoms with van der Waals surface area (Å²) in [4.78, 5) is 28.1. The molecule has 7 nitrogen and oxygen atoms in total. The van der Waals surface area contributed by atoms with Gasteiger partial charge < -0.3 is 24.2 Å². The third kappa shape index (κ3) is 4.43. The Hall–Kier alpha value is -4.52. The summed E-state index contributed by atoms with van der Waals surface area (Å²) in [6.07, 6.45) is 1.63. The molecule has 182 valence electrons. The van der Waals surface area contributed by atoms with E-state index in [1.165, 1.54) is 4.90 Å². The number of likely N-dealkylation sites (tertiary alicyclic amines) is 1. The fourth-order valence-electron chi connectivity index (χ4n) is 4.45. The van der Waals surface area contributed by atoms with Gasteiger partial charge in [0, 0.05) is 12.1 Å². The van der Waals surface area contributed by atoms with Crippen molar-refractivity contribution in [2.45, 2.75) is 12.6 Å². The van der Waals surface area contributed by atoms with Crippen LogP contribution in [-0.2, 0) is 16.1 Å². The number of aliphatic hydroxyl groups excluding tert-OH is 1. The van der Waals surface area contributed by atoms with Crippen molar-refractivity contribution < 1.29 is 28.9 Å². The fraction of sp³-hybridized carbons (Fsp3) is 0.172. The van der Waals surface area contributed by atoms with Crippen molar-refractivity contribution in [3.05, 3.63) is 108 Å². The van der Waals surface area contributed by atoms with Gasteiger partial charge in [-0.05, 0) is 41.5 Å². The van der Waals surface area contributed by atoms with E-state index in [2.05, 4.69) is 6.58 Å². The molecule has 2 heterocycles. The van der Waals surface area contributed by atoms with E-state index in [1.807, 2.05) is 36.4 Å². The van der Waals surface area contributed by atoms with E-state index in [4.69, 9.17) is 14.2 Å². The quantitative estimate of drug-likeness (QED) is 0.228. The zero-order valence-electron chi connectivity index (χ0n) is 19.6. The zero-order chi connectivity index (χ0) is 25.1. The number of hydrogen-bond donors (Lipinski definition) is 1. The summed E-state index contributed by atoms with van der Waals surface area (Å²) in [5.74, 6) is -0.104. The van der Waals surface area contributed by atoms with Crippen LogP contribution in [-0.4, -0.2) is 41.5 Å². The molecule has 0 aromatic heterocycles. The Morgan fingerprint density at radius 1 is 1.00 bits per heavy atom. The Kier molecular flexibility index (Phi) is 6.45. The molecule has 0 spiro atoms. The van der Waals surface area contributed by atoms with Gasteiger partial charge in [0.15, 0.2) is 11.5 Å². The molecule has 3 aromatic carbocycles. The number of ether oxygens (including phenoxy) is 3. The second kappa shape index (κ2) is 10.00. The molecule has 0 unspecified atom stereocenters. The van der Waals surface area contributed by atoms with Crippen LogP contribution in [0.15, 0.2) is 91.0 Å². The summed E-state index contributed by atoms with van der Waals surface area (Å²) in [5, 5.41) is 11.4. The third-order valence-electron chi connectivity index (χ3n) is 6.09. The van der Waals surface area contributed by atoms with E-state index >= 15 is 0 Å². The molecule has 0 saturated carbocycles. The molecule has 2 aliphatic heterocycles. The van der Waals surface area contributed by atoms with Crippen molar-refractivity contribution in [1.29, 1.82) is 0 Å². The maximum absolute atomic E-state index is 13.3. The Morgan fingerprint density at radius 3 is 2.56 bits per heavy atom. The standard InChI is InChI=1S/C29H25NO6/c1-2-13-34-22-10-6-9-20(16-22)26-25(27(31)21-11-12-23-24(17-21)36-15-14-35-23)28(32)29(33)30(26)18-19-7-4-3-5-8-19/h2-12,16-17,26,31H,1,13-15,18H2/b27-25+/t26-/m0/s1. The van der Waals surface area contributed by atoms with Gasteiger partial charge in [0.25, 0.3) is 11.7 Å². The van der Waals surface area contributed by atoms with E-state index in [-0.39, 0.29) is 17.9 Å². The number of nitrogens with zero attached hydrogens (tertiary/aromatic N) is 1. The topological polar surface area (TPSA) is 85.3 Å². The highest BCUT2D eigenvalue weighted by Gasteiger charge is 2.46. The van der Waals surface area contributed by atoms with Crippen LogP contribution >= 0.6 is 0 Å². The largest absolute Gasteiger partial charge is 0.507 e. The molecule has 1 amide bonds. The van der Waals surface area contributed by atoms with Crippen molar-refractivity contribution in [3.8, 4) is 17.2 Å². The Bertz CT molecular complexity index is 1350. The van der Waals surface area contributed by atoms with Gasteiger partial charge in [-0.15, -0.1) is 0 Å².